The van der Waals surface area contributed by atoms with Gasteiger partial charge < -0.3 is 10.3 Å². The smallest absolute Gasteiger partial charge is 0.260 e. The summed E-state index contributed by atoms with van der Waals surface area (Å²) in [5.74, 6) is -0.247. The Balaban J connectivity index is 1.71. The van der Waals surface area contributed by atoms with Crippen LogP contribution in [0.4, 0.5) is 0 Å². The maximum atomic E-state index is 12.3. The number of nitrogens with zero attached hydrogens (tertiary/aromatic N) is 1. The summed E-state index contributed by atoms with van der Waals surface area (Å²) in [6.45, 7) is 4.00. The van der Waals surface area contributed by atoms with E-state index in [1.807, 2.05) is 0 Å². The normalized spacial score (nSPS) is 26.2. The molecule has 2 aliphatic heterocycles. The number of carbonyl (C=O) groups excluding carboxylic acids is 1. The van der Waals surface area contributed by atoms with Crippen molar-refractivity contribution < 1.29 is 4.79 Å². The molecule has 2 N–H and O–H groups in total. The number of amides is 1. The fraction of sp³-hybridized carbons (Fsp3) is 0.600. The number of nitrogens with one attached hydrogen (secondary N) is 2. The zero-order valence-corrected chi connectivity index (χ0v) is 11.8. The van der Waals surface area contributed by atoms with E-state index in [1.54, 1.807) is 19.1 Å². The highest BCUT2D eigenvalue weighted by Gasteiger charge is 2.36. The second-order valence-electron chi connectivity index (χ2n) is 5.85. The summed E-state index contributed by atoms with van der Waals surface area (Å²) in [7, 11) is 0. The summed E-state index contributed by atoms with van der Waals surface area (Å²) in [6.07, 6.45) is 4.63. The fourth-order valence-electron chi connectivity index (χ4n) is 3.41. The number of H-pyrrole nitrogens is 1. The number of aryl methyl sites for hydroxylation is 1. The van der Waals surface area contributed by atoms with E-state index in [1.165, 1.54) is 12.8 Å². The van der Waals surface area contributed by atoms with E-state index in [-0.39, 0.29) is 23.1 Å². The van der Waals surface area contributed by atoms with Crippen molar-refractivity contribution in [2.24, 2.45) is 0 Å². The van der Waals surface area contributed by atoms with Gasteiger partial charge in [-0.1, -0.05) is 6.42 Å². The highest BCUT2D eigenvalue weighted by atomic mass is 16.2. The minimum atomic E-state index is -0.305. The molecule has 1 aromatic heterocycles. The minimum absolute atomic E-state index is 0.184. The Hall–Kier alpha value is -1.62. The first kappa shape index (κ1) is 13.4. The van der Waals surface area contributed by atoms with Crippen LogP contribution in [0.1, 0.15) is 41.7 Å². The number of aromatic nitrogens is 1. The van der Waals surface area contributed by atoms with Gasteiger partial charge in [-0.15, -0.1) is 0 Å². The van der Waals surface area contributed by atoms with Crippen molar-refractivity contribution in [3.05, 3.63) is 33.7 Å². The van der Waals surface area contributed by atoms with Gasteiger partial charge in [-0.2, -0.15) is 0 Å². The number of aromatic amines is 1. The highest BCUT2D eigenvalue weighted by molar-refractivity contribution is 5.94. The second-order valence-corrected chi connectivity index (χ2v) is 5.85. The van der Waals surface area contributed by atoms with Crippen molar-refractivity contribution >= 4 is 5.91 Å². The zero-order chi connectivity index (χ0) is 14.1. The number of pyridine rings is 1. The molecule has 0 unspecified atom stereocenters. The lowest BCUT2D eigenvalue weighted by Gasteiger charge is -2.32. The lowest BCUT2D eigenvalue weighted by atomic mass is 9.99. The molecular weight excluding hydrogens is 254 g/mol. The van der Waals surface area contributed by atoms with Gasteiger partial charge in [0, 0.05) is 24.3 Å². The first-order chi connectivity index (χ1) is 9.65. The molecule has 2 saturated heterocycles. The van der Waals surface area contributed by atoms with Crippen LogP contribution in [0, 0.1) is 6.92 Å². The third-order valence-electron chi connectivity index (χ3n) is 4.47. The summed E-state index contributed by atoms with van der Waals surface area (Å²) < 4.78 is 0. The Kier molecular flexibility index (Phi) is 3.61. The first-order valence-corrected chi connectivity index (χ1v) is 7.40. The third kappa shape index (κ3) is 2.50. The summed E-state index contributed by atoms with van der Waals surface area (Å²) in [4.78, 5) is 29.2. The molecule has 5 nitrogen and oxygen atoms in total. The molecule has 0 radical (unpaired) electrons. The van der Waals surface area contributed by atoms with Gasteiger partial charge in [-0.25, -0.2) is 0 Å². The monoisotopic (exact) mass is 275 g/mol. The van der Waals surface area contributed by atoms with E-state index >= 15 is 0 Å². The molecule has 3 heterocycles. The van der Waals surface area contributed by atoms with Crippen LogP contribution in [0.25, 0.3) is 0 Å². The van der Waals surface area contributed by atoms with E-state index in [2.05, 4.69) is 15.2 Å². The third-order valence-corrected chi connectivity index (χ3v) is 4.47. The van der Waals surface area contributed by atoms with Crippen LogP contribution in [0.5, 0.6) is 0 Å². The number of fused-ring (bicyclic) bond motifs is 1. The molecule has 0 aromatic carbocycles. The molecule has 2 aliphatic rings. The first-order valence-electron chi connectivity index (χ1n) is 7.40. The van der Waals surface area contributed by atoms with E-state index in [4.69, 9.17) is 0 Å². The van der Waals surface area contributed by atoms with Crippen molar-refractivity contribution in [2.45, 2.75) is 44.7 Å². The number of carbonyl (C=O) groups is 1. The number of rotatable bonds is 2. The Morgan fingerprint density at radius 2 is 2.15 bits per heavy atom. The maximum Gasteiger partial charge on any atom is 0.260 e. The molecule has 0 spiro atoms. The predicted octanol–water partition coefficient (Wildman–Crippen LogP) is 1.04. The van der Waals surface area contributed by atoms with Gasteiger partial charge in [-0.3, -0.25) is 14.5 Å². The van der Waals surface area contributed by atoms with E-state index in [9.17, 15) is 9.59 Å². The van der Waals surface area contributed by atoms with Crippen LogP contribution < -0.4 is 10.9 Å². The van der Waals surface area contributed by atoms with Crippen molar-refractivity contribution in [3.63, 3.8) is 0 Å². The average Bonchev–Trinajstić information content (AvgIpc) is 2.82. The predicted molar refractivity (Wildman–Crippen MR) is 76.9 cm³/mol. The van der Waals surface area contributed by atoms with Crippen molar-refractivity contribution in [1.82, 2.24) is 15.2 Å². The summed E-state index contributed by atoms with van der Waals surface area (Å²) >= 11 is 0. The van der Waals surface area contributed by atoms with Gasteiger partial charge in [0.05, 0.1) is 0 Å². The largest absolute Gasteiger partial charge is 0.348 e. The maximum absolute atomic E-state index is 12.3. The lowest BCUT2D eigenvalue weighted by Crippen LogP contribution is -2.47. The van der Waals surface area contributed by atoms with E-state index in [0.29, 0.717) is 6.04 Å². The molecule has 2 fully saturated rings. The number of piperidine rings is 1. The molecular formula is C15H21N3O2. The molecule has 0 saturated carbocycles. The zero-order valence-electron chi connectivity index (χ0n) is 11.8. The Bertz CT molecular complexity index is 566. The summed E-state index contributed by atoms with van der Waals surface area (Å²) in [5, 5.41) is 3.05. The van der Waals surface area contributed by atoms with E-state index in [0.717, 1.165) is 31.6 Å². The minimum Gasteiger partial charge on any atom is -0.348 e. The van der Waals surface area contributed by atoms with Gasteiger partial charge in [0.25, 0.3) is 11.5 Å². The Labute approximate surface area is 118 Å². The number of hydrogen-bond donors (Lipinski definition) is 2. The molecule has 3 rings (SSSR count). The van der Waals surface area contributed by atoms with Crippen molar-refractivity contribution in [3.8, 4) is 0 Å². The van der Waals surface area contributed by atoms with Crippen LogP contribution in [-0.4, -0.2) is 41.0 Å². The fourth-order valence-corrected chi connectivity index (χ4v) is 3.41. The van der Waals surface area contributed by atoms with Gasteiger partial charge in [0.1, 0.15) is 5.56 Å². The van der Waals surface area contributed by atoms with Gasteiger partial charge in [0.2, 0.25) is 0 Å². The number of hydrogen-bond acceptors (Lipinski definition) is 3. The van der Waals surface area contributed by atoms with Crippen LogP contribution >= 0.6 is 0 Å². The van der Waals surface area contributed by atoms with Gasteiger partial charge in [0.15, 0.2) is 0 Å². The SMILES string of the molecule is Cc1ccc(C(=O)N[C@@H]2CCN3CCCC[C@@H]23)c(=O)[nH]1. The highest BCUT2D eigenvalue weighted by Crippen LogP contribution is 2.27. The second kappa shape index (κ2) is 5.40. The molecule has 1 aromatic rings. The topological polar surface area (TPSA) is 65.2 Å². The molecule has 1 amide bonds. The van der Waals surface area contributed by atoms with Crippen molar-refractivity contribution in [2.75, 3.05) is 13.1 Å². The van der Waals surface area contributed by atoms with Gasteiger partial charge in [-0.05, 0) is 44.9 Å². The summed E-state index contributed by atoms with van der Waals surface area (Å²) in [5.41, 5.74) is 0.678. The van der Waals surface area contributed by atoms with Crippen LogP contribution in [-0.2, 0) is 0 Å². The molecule has 0 bridgehead atoms. The van der Waals surface area contributed by atoms with Gasteiger partial charge >= 0.3 is 0 Å². The van der Waals surface area contributed by atoms with Crippen molar-refractivity contribution in [1.29, 1.82) is 0 Å². The molecule has 0 aliphatic carbocycles. The molecule has 5 heteroatoms. The van der Waals surface area contributed by atoms with Crippen LogP contribution in [0.2, 0.25) is 0 Å². The van der Waals surface area contributed by atoms with Crippen LogP contribution in [0.15, 0.2) is 16.9 Å². The standard InChI is InChI=1S/C15H21N3O2/c1-10-5-6-11(14(19)16-10)15(20)17-12-7-9-18-8-3-2-4-13(12)18/h5-6,12-13H,2-4,7-9H2,1H3,(H,16,19)(H,17,20)/t12-,13+/m1/s1. The average molecular weight is 275 g/mol. The van der Waals surface area contributed by atoms with E-state index < -0.39 is 0 Å². The molecule has 108 valence electrons. The van der Waals surface area contributed by atoms with Crippen LogP contribution in [0.3, 0.4) is 0 Å². The Morgan fingerprint density at radius 3 is 2.95 bits per heavy atom. The quantitative estimate of drug-likeness (QED) is 0.847. The Morgan fingerprint density at radius 1 is 1.30 bits per heavy atom. The lowest BCUT2D eigenvalue weighted by molar-refractivity contribution is 0.0914. The summed E-state index contributed by atoms with van der Waals surface area (Å²) in [6, 6.07) is 4.01. The molecule has 2 atom stereocenters. The molecule has 20 heavy (non-hydrogen) atoms.